The molecule has 314 valence electrons. The van der Waals surface area contributed by atoms with Crippen LogP contribution in [0.25, 0.3) is 0 Å². The van der Waals surface area contributed by atoms with Crippen LogP contribution in [-0.4, -0.2) is 72.4 Å². The van der Waals surface area contributed by atoms with Crippen molar-refractivity contribution in [3.05, 3.63) is 142 Å². The third kappa shape index (κ3) is 10.2. The molecule has 2 amide bonds. The van der Waals surface area contributed by atoms with Gasteiger partial charge in [0.15, 0.2) is 0 Å². The maximum absolute atomic E-state index is 14.0. The van der Waals surface area contributed by atoms with E-state index in [4.69, 9.17) is 5.73 Å². The number of nitrogens with one attached hydrogen (secondary N) is 1. The normalized spacial score (nSPS) is 27.2. The molecular weight excluding hydrogens is 760 g/mol. The molecular formula is C48H55F5N4O2. The van der Waals surface area contributed by atoms with Crippen molar-refractivity contribution in [2.45, 2.75) is 101 Å². The van der Waals surface area contributed by atoms with E-state index in [1.165, 1.54) is 35.4 Å². The monoisotopic (exact) mass is 814 g/mol. The second-order valence-electron chi connectivity index (χ2n) is 16.6. The van der Waals surface area contributed by atoms with Crippen LogP contribution in [0.2, 0.25) is 0 Å². The number of fused-ring (bicyclic) bond motifs is 2. The van der Waals surface area contributed by atoms with Crippen LogP contribution >= 0.6 is 0 Å². The summed E-state index contributed by atoms with van der Waals surface area (Å²) in [6.07, 6.45) is 4.26. The van der Waals surface area contributed by atoms with Gasteiger partial charge in [-0.15, -0.1) is 0 Å². The molecule has 0 spiro atoms. The van der Waals surface area contributed by atoms with Crippen molar-refractivity contribution in [2.75, 3.05) is 26.2 Å². The van der Waals surface area contributed by atoms with Crippen molar-refractivity contribution in [2.24, 2.45) is 17.6 Å². The second-order valence-corrected chi connectivity index (χ2v) is 16.6. The van der Waals surface area contributed by atoms with Gasteiger partial charge in [0.1, 0.15) is 30.1 Å². The Kier molecular flexibility index (Phi) is 14.1. The van der Waals surface area contributed by atoms with Crippen molar-refractivity contribution in [1.82, 2.24) is 15.1 Å². The van der Waals surface area contributed by atoms with E-state index in [2.05, 4.69) is 17.4 Å². The maximum atomic E-state index is 14.0. The van der Waals surface area contributed by atoms with Crippen molar-refractivity contribution in [3.8, 4) is 0 Å². The highest BCUT2D eigenvalue weighted by molar-refractivity contribution is 5.79. The fraction of sp³-hybridized carbons (Fsp3) is 0.458. The number of halogens is 5. The molecule has 2 aliphatic carbocycles. The molecule has 2 saturated carbocycles. The lowest BCUT2D eigenvalue weighted by molar-refractivity contribution is -0.135. The Morgan fingerprint density at radius 1 is 0.576 bits per heavy atom. The molecule has 11 heteroatoms. The molecule has 3 heterocycles. The van der Waals surface area contributed by atoms with Crippen molar-refractivity contribution >= 4 is 11.8 Å². The summed E-state index contributed by atoms with van der Waals surface area (Å²) >= 11 is 0. The SMILES string of the molecule is N[C@H]1CCC[C@@H]1F.O=C(C[C@H]1CCC[C@@H]1F)N1CCc2ccccc2[C@@H]1c1ccc(F)cc1.O=C(C[C@H]1CNC[C@@H]1F)N1CCc2ccccc2[C@@H]1c1ccc(F)cc1. The third-order valence-electron chi connectivity index (χ3n) is 12.8. The van der Waals surface area contributed by atoms with Gasteiger partial charge in [0.2, 0.25) is 11.8 Å². The summed E-state index contributed by atoms with van der Waals surface area (Å²) in [5, 5.41) is 3.01. The number of hydrogen-bond acceptors (Lipinski definition) is 4. The lowest BCUT2D eigenvalue weighted by Gasteiger charge is -2.38. The van der Waals surface area contributed by atoms with Gasteiger partial charge in [-0.3, -0.25) is 9.59 Å². The maximum Gasteiger partial charge on any atom is 0.223 e. The first-order chi connectivity index (χ1) is 28.6. The highest BCUT2D eigenvalue weighted by Crippen LogP contribution is 2.39. The summed E-state index contributed by atoms with van der Waals surface area (Å²) in [6.45, 7) is 2.07. The first kappa shape index (κ1) is 42.5. The molecule has 6 nitrogen and oxygen atoms in total. The first-order valence-electron chi connectivity index (χ1n) is 21.2. The van der Waals surface area contributed by atoms with E-state index >= 15 is 0 Å². The van der Waals surface area contributed by atoms with Crippen LogP contribution in [0.4, 0.5) is 22.0 Å². The molecule has 3 aliphatic heterocycles. The standard InChI is InChI=1S/C22H23F2NO.C21H22F2N2O.C5H10FN/c23-18-10-8-16(9-11-18)22-19-6-2-1-4-15(19)12-13-25(22)21(26)14-17-5-3-7-20(17)24;22-17-7-5-15(6-8-17)21-18-4-2-1-3-14(18)9-10-25(21)20(26)11-16-12-24-13-19(16)23;6-4-2-1-3-5(4)7/h1-2,4,6,8-11,17,20,22H,3,5,7,12-14H2;1-8,16,19,21,24H,9-13H2;4-5H,1-3,7H2/t17-,20+,22+;16-,19-,21-;4-,5-/m100/s1. The highest BCUT2D eigenvalue weighted by atomic mass is 19.1. The van der Waals surface area contributed by atoms with E-state index in [1.807, 2.05) is 46.2 Å². The molecule has 0 bridgehead atoms. The number of nitrogens with zero attached hydrogens (tertiary/aromatic N) is 2. The van der Waals surface area contributed by atoms with E-state index in [1.54, 1.807) is 24.3 Å². The summed E-state index contributed by atoms with van der Waals surface area (Å²) in [5.74, 6) is -1.05. The van der Waals surface area contributed by atoms with Crippen LogP contribution in [0.1, 0.15) is 96.8 Å². The van der Waals surface area contributed by atoms with Gasteiger partial charge in [-0.25, -0.2) is 22.0 Å². The van der Waals surface area contributed by atoms with Gasteiger partial charge in [0, 0.05) is 51.0 Å². The highest BCUT2D eigenvalue weighted by Gasteiger charge is 2.37. The zero-order chi connectivity index (χ0) is 41.5. The molecule has 0 radical (unpaired) electrons. The number of alkyl halides is 3. The van der Waals surface area contributed by atoms with Gasteiger partial charge in [-0.1, -0.05) is 79.2 Å². The quantitative estimate of drug-likeness (QED) is 0.191. The first-order valence-corrected chi connectivity index (χ1v) is 21.2. The Balaban J connectivity index is 0.000000154. The third-order valence-corrected chi connectivity index (χ3v) is 12.8. The van der Waals surface area contributed by atoms with Gasteiger partial charge in [0.05, 0.1) is 12.1 Å². The van der Waals surface area contributed by atoms with Gasteiger partial charge in [-0.05, 0) is 109 Å². The van der Waals surface area contributed by atoms with Crippen molar-refractivity contribution < 1.29 is 31.5 Å². The van der Waals surface area contributed by atoms with Crippen LogP contribution in [0.15, 0.2) is 97.1 Å². The molecule has 5 aliphatic rings. The number of carbonyl (C=O) groups excluding carboxylic acids is 2. The molecule has 0 aromatic heterocycles. The van der Waals surface area contributed by atoms with Gasteiger partial charge < -0.3 is 20.9 Å². The average Bonchev–Trinajstić information content (AvgIpc) is 3.97. The van der Waals surface area contributed by atoms with E-state index in [-0.39, 0.29) is 66.3 Å². The number of amides is 2. The van der Waals surface area contributed by atoms with Gasteiger partial charge in [0.25, 0.3) is 0 Å². The predicted molar refractivity (Wildman–Crippen MR) is 220 cm³/mol. The largest absolute Gasteiger partial charge is 0.331 e. The zero-order valence-corrected chi connectivity index (χ0v) is 33.4. The minimum atomic E-state index is -0.972. The van der Waals surface area contributed by atoms with Crippen molar-refractivity contribution in [1.29, 1.82) is 0 Å². The summed E-state index contributed by atoms with van der Waals surface area (Å²) in [7, 11) is 0. The molecule has 1 saturated heterocycles. The molecule has 3 fully saturated rings. The Labute approximate surface area is 344 Å². The van der Waals surface area contributed by atoms with E-state index in [0.717, 1.165) is 60.8 Å². The Morgan fingerprint density at radius 2 is 1.05 bits per heavy atom. The molecule has 8 atom stereocenters. The molecule has 4 aromatic carbocycles. The summed E-state index contributed by atoms with van der Waals surface area (Å²) < 4.78 is 66.9. The smallest absolute Gasteiger partial charge is 0.223 e. The van der Waals surface area contributed by atoms with E-state index in [0.29, 0.717) is 39.0 Å². The molecule has 0 unspecified atom stereocenters. The molecule has 3 N–H and O–H groups in total. The second kappa shape index (κ2) is 19.6. The zero-order valence-electron chi connectivity index (χ0n) is 33.4. The number of hydrogen-bond donors (Lipinski definition) is 2. The number of carbonyl (C=O) groups is 2. The Hall–Kier alpha value is -4.61. The molecule has 9 rings (SSSR count). The minimum absolute atomic E-state index is 0.00313. The van der Waals surface area contributed by atoms with Crippen LogP contribution in [0.3, 0.4) is 0 Å². The Bertz CT molecular complexity index is 1870. The lowest BCUT2D eigenvalue weighted by atomic mass is 9.87. The fourth-order valence-corrected chi connectivity index (χ4v) is 9.43. The average molecular weight is 815 g/mol. The summed E-state index contributed by atoms with van der Waals surface area (Å²) in [5.41, 5.74) is 11.7. The predicted octanol–water partition coefficient (Wildman–Crippen LogP) is 8.91. The fourth-order valence-electron chi connectivity index (χ4n) is 9.43. The van der Waals surface area contributed by atoms with E-state index in [9.17, 15) is 31.5 Å². The van der Waals surface area contributed by atoms with Gasteiger partial charge in [-0.2, -0.15) is 0 Å². The van der Waals surface area contributed by atoms with Crippen LogP contribution < -0.4 is 11.1 Å². The number of benzene rings is 4. The van der Waals surface area contributed by atoms with Crippen molar-refractivity contribution in [3.63, 3.8) is 0 Å². The lowest BCUT2D eigenvalue weighted by Crippen LogP contribution is -2.41. The van der Waals surface area contributed by atoms with Crippen LogP contribution in [-0.2, 0) is 22.4 Å². The summed E-state index contributed by atoms with van der Waals surface area (Å²) in [6, 6.07) is 28.2. The minimum Gasteiger partial charge on any atom is -0.331 e. The Morgan fingerprint density at radius 3 is 1.46 bits per heavy atom. The number of rotatable bonds is 6. The summed E-state index contributed by atoms with van der Waals surface area (Å²) in [4.78, 5) is 29.8. The van der Waals surface area contributed by atoms with Gasteiger partial charge >= 0.3 is 0 Å². The van der Waals surface area contributed by atoms with Crippen LogP contribution in [0.5, 0.6) is 0 Å². The van der Waals surface area contributed by atoms with Crippen LogP contribution in [0, 0.1) is 23.5 Å². The molecule has 4 aromatic rings. The topological polar surface area (TPSA) is 78.7 Å². The number of nitrogens with two attached hydrogens (primary N) is 1. The van der Waals surface area contributed by atoms with E-state index < -0.39 is 18.5 Å². The molecule has 59 heavy (non-hydrogen) atoms.